The van der Waals surface area contributed by atoms with Gasteiger partial charge in [0.25, 0.3) is 11.8 Å². The van der Waals surface area contributed by atoms with Crippen LogP contribution in [0, 0.1) is 0 Å². The van der Waals surface area contributed by atoms with E-state index >= 15 is 0 Å². The molecule has 8 N–H and O–H groups in total. The van der Waals surface area contributed by atoms with Crippen LogP contribution in [0.15, 0.2) is 58.0 Å². The fraction of sp³-hybridized carbons (Fsp3) is 0.0526. The molecule has 0 aromatic heterocycles. The first kappa shape index (κ1) is 20.7. The zero-order valence-electron chi connectivity index (χ0n) is 15.0. The Morgan fingerprint density at radius 3 is 2.14 bits per heavy atom. The highest BCUT2D eigenvalue weighted by atomic mass is 35.5. The zero-order valence-corrected chi connectivity index (χ0v) is 15.8. The van der Waals surface area contributed by atoms with Gasteiger partial charge in [-0.1, -0.05) is 41.9 Å². The average Bonchev–Trinajstić information content (AvgIpc) is 2.62. The van der Waals surface area contributed by atoms with Gasteiger partial charge in [-0.05, 0) is 36.3 Å². The summed E-state index contributed by atoms with van der Waals surface area (Å²) in [5, 5.41) is 0.187. The van der Waals surface area contributed by atoms with Crippen molar-refractivity contribution in [2.45, 2.75) is 6.92 Å². The van der Waals surface area contributed by atoms with Gasteiger partial charge in [0.05, 0.1) is 10.6 Å². The monoisotopic (exact) mass is 398 g/mol. The molecule has 9 heteroatoms. The van der Waals surface area contributed by atoms with Crippen molar-refractivity contribution >= 4 is 41.4 Å². The Balaban J connectivity index is 2.67. The molecule has 8 nitrogen and oxygen atoms in total. The summed E-state index contributed by atoms with van der Waals surface area (Å²) in [5.74, 6) is -2.04. The standard InChI is InChI=1S/C19H19ClN6O2/c1-10(16(27)25-18(21)22)7-11-8-13(12-5-3-2-4-6-12)15(20)14(9-11)17(28)26-19(23)24/h2-9H,1H3,(H4,21,22,25,27)(H4,23,24,26,28). The van der Waals surface area contributed by atoms with Gasteiger partial charge in [0.1, 0.15) is 0 Å². The van der Waals surface area contributed by atoms with Crippen molar-refractivity contribution in [3.63, 3.8) is 0 Å². The van der Waals surface area contributed by atoms with E-state index in [1.165, 1.54) is 12.1 Å². The molecule has 0 radical (unpaired) electrons. The summed E-state index contributed by atoms with van der Waals surface area (Å²) < 4.78 is 0. The van der Waals surface area contributed by atoms with Crippen LogP contribution in [0.25, 0.3) is 17.2 Å². The topological polar surface area (TPSA) is 163 Å². The Morgan fingerprint density at radius 2 is 1.57 bits per heavy atom. The molecule has 144 valence electrons. The molecule has 0 fully saturated rings. The van der Waals surface area contributed by atoms with Gasteiger partial charge in [0.2, 0.25) is 0 Å². The maximum atomic E-state index is 12.4. The van der Waals surface area contributed by atoms with E-state index in [2.05, 4.69) is 9.98 Å². The number of benzene rings is 2. The van der Waals surface area contributed by atoms with E-state index in [4.69, 9.17) is 34.5 Å². The van der Waals surface area contributed by atoms with E-state index in [-0.39, 0.29) is 28.1 Å². The smallest absolute Gasteiger partial charge is 0.281 e. The van der Waals surface area contributed by atoms with Crippen molar-refractivity contribution < 1.29 is 9.59 Å². The van der Waals surface area contributed by atoms with Crippen LogP contribution < -0.4 is 22.9 Å². The number of hydrogen-bond donors (Lipinski definition) is 4. The van der Waals surface area contributed by atoms with E-state index < -0.39 is 11.8 Å². The van der Waals surface area contributed by atoms with Crippen LogP contribution in [0.5, 0.6) is 0 Å². The van der Waals surface area contributed by atoms with E-state index in [0.29, 0.717) is 11.1 Å². The van der Waals surface area contributed by atoms with Gasteiger partial charge in [0, 0.05) is 11.1 Å². The molecular weight excluding hydrogens is 380 g/mol. The summed E-state index contributed by atoms with van der Waals surface area (Å²) in [7, 11) is 0. The number of nitrogens with zero attached hydrogens (tertiary/aromatic N) is 2. The molecule has 2 rings (SSSR count). The maximum Gasteiger partial charge on any atom is 0.281 e. The Bertz CT molecular complexity index is 1000. The van der Waals surface area contributed by atoms with Crippen LogP contribution in [-0.4, -0.2) is 23.7 Å². The van der Waals surface area contributed by atoms with Crippen molar-refractivity contribution in [1.29, 1.82) is 0 Å². The summed E-state index contributed by atoms with van der Waals surface area (Å²) in [5.41, 5.74) is 23.3. The molecule has 0 aliphatic carbocycles. The third-order valence-electron chi connectivity index (χ3n) is 3.59. The number of guanidine groups is 2. The van der Waals surface area contributed by atoms with Crippen molar-refractivity contribution in [1.82, 2.24) is 0 Å². The highest BCUT2D eigenvalue weighted by Crippen LogP contribution is 2.33. The molecule has 0 aliphatic heterocycles. The summed E-state index contributed by atoms with van der Waals surface area (Å²) >= 11 is 6.45. The van der Waals surface area contributed by atoms with Crippen LogP contribution in [0.3, 0.4) is 0 Å². The minimum absolute atomic E-state index is 0.0877. The van der Waals surface area contributed by atoms with Gasteiger partial charge in [-0.15, -0.1) is 0 Å². The maximum absolute atomic E-state index is 12.4. The lowest BCUT2D eigenvalue weighted by Crippen LogP contribution is -2.24. The zero-order chi connectivity index (χ0) is 20.8. The molecule has 0 heterocycles. The van der Waals surface area contributed by atoms with E-state index in [9.17, 15) is 9.59 Å². The summed E-state index contributed by atoms with van der Waals surface area (Å²) in [4.78, 5) is 31.4. The minimum Gasteiger partial charge on any atom is -0.370 e. The highest BCUT2D eigenvalue weighted by molar-refractivity contribution is 6.36. The lowest BCUT2D eigenvalue weighted by Gasteiger charge is -2.11. The van der Waals surface area contributed by atoms with Crippen LogP contribution in [0.2, 0.25) is 5.02 Å². The molecule has 0 aliphatic rings. The molecular formula is C19H19ClN6O2. The van der Waals surface area contributed by atoms with Crippen LogP contribution in [0.1, 0.15) is 22.8 Å². The molecule has 0 saturated carbocycles. The number of hydrogen-bond acceptors (Lipinski definition) is 2. The van der Waals surface area contributed by atoms with Gasteiger partial charge in [-0.2, -0.15) is 9.98 Å². The van der Waals surface area contributed by atoms with E-state index in [1.807, 2.05) is 30.3 Å². The number of carbonyl (C=O) groups excluding carboxylic acids is 2. The number of carbonyl (C=O) groups is 2. The van der Waals surface area contributed by atoms with Crippen LogP contribution in [0.4, 0.5) is 0 Å². The van der Waals surface area contributed by atoms with Crippen molar-refractivity contribution in [3.05, 3.63) is 64.2 Å². The predicted octanol–water partition coefficient (Wildman–Crippen LogP) is 1.62. The number of rotatable bonds is 4. The van der Waals surface area contributed by atoms with Crippen molar-refractivity contribution in [3.8, 4) is 11.1 Å². The molecule has 0 atom stereocenters. The lowest BCUT2D eigenvalue weighted by atomic mass is 9.98. The average molecular weight is 399 g/mol. The largest absolute Gasteiger partial charge is 0.370 e. The predicted molar refractivity (Wildman–Crippen MR) is 111 cm³/mol. The summed E-state index contributed by atoms with van der Waals surface area (Å²) in [6.45, 7) is 1.54. The van der Waals surface area contributed by atoms with Gasteiger partial charge >= 0.3 is 0 Å². The molecule has 2 amide bonds. The molecule has 2 aromatic rings. The third-order valence-corrected chi connectivity index (χ3v) is 4.00. The van der Waals surface area contributed by atoms with Gasteiger partial charge in [-0.25, -0.2) is 0 Å². The molecule has 28 heavy (non-hydrogen) atoms. The normalized spacial score (nSPS) is 10.9. The number of halogens is 1. The number of amides is 2. The van der Waals surface area contributed by atoms with E-state index in [1.54, 1.807) is 13.0 Å². The van der Waals surface area contributed by atoms with Gasteiger partial charge < -0.3 is 22.9 Å². The second kappa shape index (κ2) is 8.83. The molecule has 0 unspecified atom stereocenters. The van der Waals surface area contributed by atoms with Crippen molar-refractivity contribution in [2.24, 2.45) is 32.9 Å². The Kier molecular flexibility index (Phi) is 6.51. The van der Waals surface area contributed by atoms with Gasteiger partial charge in [-0.3, -0.25) is 9.59 Å². The fourth-order valence-electron chi connectivity index (χ4n) is 2.41. The highest BCUT2D eigenvalue weighted by Gasteiger charge is 2.17. The Morgan fingerprint density at radius 1 is 0.964 bits per heavy atom. The second-order valence-electron chi connectivity index (χ2n) is 5.81. The first-order chi connectivity index (χ1) is 13.2. The second-order valence-corrected chi connectivity index (χ2v) is 6.18. The SMILES string of the molecule is CC(=Cc1cc(C(=O)N=C(N)N)c(Cl)c(-c2ccccc2)c1)C(=O)N=C(N)N. The van der Waals surface area contributed by atoms with Crippen LogP contribution in [-0.2, 0) is 4.79 Å². The molecule has 2 aromatic carbocycles. The Labute approximate surface area is 166 Å². The third kappa shape index (κ3) is 5.18. The minimum atomic E-state index is -0.703. The fourth-order valence-corrected chi connectivity index (χ4v) is 2.71. The lowest BCUT2D eigenvalue weighted by molar-refractivity contribution is -0.114. The van der Waals surface area contributed by atoms with Crippen molar-refractivity contribution in [2.75, 3.05) is 0 Å². The first-order valence-electron chi connectivity index (χ1n) is 8.04. The summed E-state index contributed by atoms with van der Waals surface area (Å²) in [6.07, 6.45) is 1.53. The van der Waals surface area contributed by atoms with Gasteiger partial charge in [0.15, 0.2) is 11.9 Å². The number of nitrogens with two attached hydrogens (primary N) is 4. The number of aliphatic imine (C=N–C) groups is 2. The summed E-state index contributed by atoms with van der Waals surface area (Å²) in [6, 6.07) is 12.4. The molecule has 0 bridgehead atoms. The quantitative estimate of drug-likeness (QED) is 0.347. The first-order valence-corrected chi connectivity index (χ1v) is 8.42. The van der Waals surface area contributed by atoms with E-state index in [0.717, 1.165) is 5.56 Å². The Hall–Kier alpha value is -3.65. The molecule has 0 saturated heterocycles. The van der Waals surface area contributed by atoms with Crippen LogP contribution >= 0.6 is 11.6 Å². The molecule has 0 spiro atoms.